The van der Waals surface area contributed by atoms with Crippen LogP contribution in [0.2, 0.25) is 0 Å². The molecule has 0 radical (unpaired) electrons. The van der Waals surface area contributed by atoms with Crippen LogP contribution in [0.25, 0.3) is 0 Å². The second-order valence-electron chi connectivity index (χ2n) is 5.57. The number of nitrogens with zero attached hydrogens (tertiary/aromatic N) is 3. The maximum absolute atomic E-state index is 5.42. The van der Waals surface area contributed by atoms with Gasteiger partial charge in [-0.3, -0.25) is 0 Å². The third kappa shape index (κ3) is 3.97. The molecule has 0 fully saturated rings. The van der Waals surface area contributed by atoms with Crippen LogP contribution in [0.1, 0.15) is 23.2 Å². The summed E-state index contributed by atoms with van der Waals surface area (Å²) in [6, 6.07) is 5.94. The summed E-state index contributed by atoms with van der Waals surface area (Å²) in [5, 5.41) is 6.50. The fourth-order valence-corrected chi connectivity index (χ4v) is 3.08. The Labute approximate surface area is 146 Å². The quantitative estimate of drug-likeness (QED) is 0.666. The van der Waals surface area contributed by atoms with Crippen LogP contribution in [-0.4, -0.2) is 36.2 Å². The van der Waals surface area contributed by atoms with Gasteiger partial charge in [0.25, 0.3) is 0 Å². The molecule has 1 aromatic carbocycles. The van der Waals surface area contributed by atoms with Crippen molar-refractivity contribution in [1.82, 2.24) is 15.2 Å². The Morgan fingerprint density at radius 3 is 2.96 bits per heavy atom. The number of benzene rings is 1. The molecule has 0 bridgehead atoms. The second kappa shape index (κ2) is 7.53. The van der Waals surface area contributed by atoms with E-state index in [1.807, 2.05) is 32.2 Å². The van der Waals surface area contributed by atoms with Crippen molar-refractivity contribution in [3.05, 3.63) is 39.8 Å². The summed E-state index contributed by atoms with van der Waals surface area (Å²) in [4.78, 5) is 11.3. The summed E-state index contributed by atoms with van der Waals surface area (Å²) in [5.74, 6) is 2.45. The minimum atomic E-state index is 0.292. The summed E-state index contributed by atoms with van der Waals surface area (Å²) >= 11 is 1.67. The lowest BCUT2D eigenvalue weighted by Gasteiger charge is -2.21. The Balaban J connectivity index is 1.68. The van der Waals surface area contributed by atoms with Crippen molar-refractivity contribution in [3.8, 4) is 11.5 Å². The van der Waals surface area contributed by atoms with Gasteiger partial charge in [0, 0.05) is 19.0 Å². The van der Waals surface area contributed by atoms with Crippen LogP contribution in [0.15, 0.2) is 28.6 Å². The predicted molar refractivity (Wildman–Crippen MR) is 95.7 cm³/mol. The lowest BCUT2D eigenvalue weighted by atomic mass is 10.2. The smallest absolute Gasteiger partial charge is 0.231 e. The van der Waals surface area contributed by atoms with Crippen molar-refractivity contribution in [2.24, 2.45) is 4.99 Å². The highest BCUT2D eigenvalue weighted by Crippen LogP contribution is 2.32. The van der Waals surface area contributed by atoms with Gasteiger partial charge in [-0.1, -0.05) is 6.07 Å². The largest absolute Gasteiger partial charge is 0.454 e. The molecule has 0 atom stereocenters. The van der Waals surface area contributed by atoms with Crippen LogP contribution < -0.4 is 14.8 Å². The first-order valence-corrected chi connectivity index (χ1v) is 8.82. The van der Waals surface area contributed by atoms with E-state index >= 15 is 0 Å². The van der Waals surface area contributed by atoms with Crippen LogP contribution in [-0.2, 0) is 13.1 Å². The van der Waals surface area contributed by atoms with E-state index in [9.17, 15) is 0 Å². The fraction of sp³-hybridized carbons (Fsp3) is 0.412. The van der Waals surface area contributed by atoms with Crippen molar-refractivity contribution in [1.29, 1.82) is 0 Å². The maximum Gasteiger partial charge on any atom is 0.231 e. The fourth-order valence-electron chi connectivity index (χ4n) is 2.47. The molecule has 2 aromatic rings. The molecule has 3 rings (SSSR count). The third-order valence-corrected chi connectivity index (χ3v) is 4.43. The minimum Gasteiger partial charge on any atom is -0.454 e. The molecule has 1 N–H and O–H groups in total. The maximum atomic E-state index is 5.42. The number of fused-ring (bicyclic) bond motifs is 1. The number of ether oxygens (including phenoxy) is 2. The van der Waals surface area contributed by atoms with E-state index in [0.29, 0.717) is 13.3 Å². The van der Waals surface area contributed by atoms with Gasteiger partial charge in [0.15, 0.2) is 17.5 Å². The number of hydrogen-bond donors (Lipinski definition) is 1. The van der Waals surface area contributed by atoms with Gasteiger partial charge in [-0.25, -0.2) is 9.98 Å². The number of thiazole rings is 1. The number of aryl methyl sites for hydroxylation is 1. The van der Waals surface area contributed by atoms with Gasteiger partial charge in [-0.15, -0.1) is 11.3 Å². The molecule has 128 valence electrons. The molecule has 0 unspecified atom stereocenters. The van der Waals surface area contributed by atoms with Gasteiger partial charge in [0.1, 0.15) is 0 Å². The number of aliphatic imine (C=N–C) groups is 1. The highest BCUT2D eigenvalue weighted by Gasteiger charge is 2.13. The number of rotatable bonds is 5. The van der Waals surface area contributed by atoms with Gasteiger partial charge >= 0.3 is 0 Å². The molecule has 1 aromatic heterocycles. The van der Waals surface area contributed by atoms with E-state index in [1.165, 1.54) is 0 Å². The number of aromatic nitrogens is 1. The van der Waals surface area contributed by atoms with Crippen molar-refractivity contribution >= 4 is 17.3 Å². The van der Waals surface area contributed by atoms with Gasteiger partial charge in [0.05, 0.1) is 23.8 Å². The zero-order chi connectivity index (χ0) is 16.9. The van der Waals surface area contributed by atoms with Crippen LogP contribution in [0.4, 0.5) is 0 Å². The summed E-state index contributed by atoms with van der Waals surface area (Å²) in [6.07, 6.45) is 0. The Bertz CT molecular complexity index is 729. The molecule has 6 nitrogen and oxygen atoms in total. The van der Waals surface area contributed by atoms with E-state index in [0.717, 1.165) is 46.8 Å². The normalized spacial score (nSPS) is 13.2. The number of hydrogen-bond acceptors (Lipinski definition) is 5. The molecule has 2 heterocycles. The van der Waals surface area contributed by atoms with E-state index in [4.69, 9.17) is 14.5 Å². The molecule has 0 amide bonds. The highest BCUT2D eigenvalue weighted by molar-refractivity contribution is 7.09. The van der Waals surface area contributed by atoms with Gasteiger partial charge < -0.3 is 19.7 Å². The lowest BCUT2D eigenvalue weighted by Crippen LogP contribution is -2.38. The predicted octanol–water partition coefficient (Wildman–Crippen LogP) is 2.78. The van der Waals surface area contributed by atoms with Crippen LogP contribution in [0.3, 0.4) is 0 Å². The van der Waals surface area contributed by atoms with E-state index in [2.05, 4.69) is 27.5 Å². The third-order valence-electron chi connectivity index (χ3n) is 3.61. The molecule has 0 aliphatic carbocycles. The van der Waals surface area contributed by atoms with Gasteiger partial charge in [-0.2, -0.15) is 0 Å². The number of nitrogens with one attached hydrogen (secondary N) is 1. The first kappa shape index (κ1) is 16.6. The van der Waals surface area contributed by atoms with Crippen LogP contribution in [0, 0.1) is 6.92 Å². The first-order chi connectivity index (χ1) is 11.7. The molecular formula is C17H22N4O2S. The molecular weight excluding hydrogens is 324 g/mol. The van der Waals surface area contributed by atoms with Crippen molar-refractivity contribution in [3.63, 3.8) is 0 Å². The average molecular weight is 346 g/mol. The molecule has 7 heteroatoms. The first-order valence-electron chi connectivity index (χ1n) is 7.94. The SMILES string of the molecule is CCNC(=NCc1ccc2c(c1)OCO2)N(C)Cc1csc(C)n1. The van der Waals surface area contributed by atoms with Crippen molar-refractivity contribution < 1.29 is 9.47 Å². The Kier molecular flexibility index (Phi) is 5.20. The van der Waals surface area contributed by atoms with Gasteiger partial charge in [0.2, 0.25) is 6.79 Å². The zero-order valence-electron chi connectivity index (χ0n) is 14.2. The summed E-state index contributed by atoms with van der Waals surface area (Å²) in [5.41, 5.74) is 2.15. The standard InChI is InChI=1S/C17H22N4O2S/c1-4-18-17(21(3)9-14-10-24-12(2)20-14)19-8-13-5-6-15-16(7-13)23-11-22-15/h5-7,10H,4,8-9,11H2,1-3H3,(H,18,19). The second-order valence-corrected chi connectivity index (χ2v) is 6.63. The van der Waals surface area contributed by atoms with E-state index < -0.39 is 0 Å². The van der Waals surface area contributed by atoms with Gasteiger partial charge in [-0.05, 0) is 31.5 Å². The molecule has 24 heavy (non-hydrogen) atoms. The summed E-state index contributed by atoms with van der Waals surface area (Å²) in [6.45, 7) is 6.52. The number of guanidine groups is 1. The molecule has 1 aliphatic heterocycles. The summed E-state index contributed by atoms with van der Waals surface area (Å²) < 4.78 is 10.8. The van der Waals surface area contributed by atoms with E-state index in [1.54, 1.807) is 11.3 Å². The van der Waals surface area contributed by atoms with Crippen LogP contribution in [0.5, 0.6) is 11.5 Å². The van der Waals surface area contributed by atoms with Crippen molar-refractivity contribution in [2.75, 3.05) is 20.4 Å². The van der Waals surface area contributed by atoms with Crippen LogP contribution >= 0.6 is 11.3 Å². The van der Waals surface area contributed by atoms with E-state index in [-0.39, 0.29) is 0 Å². The Morgan fingerprint density at radius 1 is 1.38 bits per heavy atom. The molecule has 0 saturated heterocycles. The summed E-state index contributed by atoms with van der Waals surface area (Å²) in [7, 11) is 2.02. The molecule has 0 spiro atoms. The average Bonchev–Trinajstić information content (AvgIpc) is 3.19. The zero-order valence-corrected chi connectivity index (χ0v) is 15.0. The highest BCUT2D eigenvalue weighted by atomic mass is 32.1. The van der Waals surface area contributed by atoms with Crippen molar-refractivity contribution in [2.45, 2.75) is 26.9 Å². The molecule has 0 saturated carbocycles. The Hall–Kier alpha value is -2.28. The monoisotopic (exact) mass is 346 g/mol. The topological polar surface area (TPSA) is 59.0 Å². The lowest BCUT2D eigenvalue weighted by molar-refractivity contribution is 0.174. The molecule has 1 aliphatic rings. The minimum absolute atomic E-state index is 0.292. The Morgan fingerprint density at radius 2 is 2.21 bits per heavy atom.